The van der Waals surface area contributed by atoms with Gasteiger partial charge < -0.3 is 20.5 Å². The van der Waals surface area contributed by atoms with Crippen LogP contribution >= 0.6 is 0 Å². The molecule has 8 nitrogen and oxygen atoms in total. The fourth-order valence-electron chi connectivity index (χ4n) is 5.86. The summed E-state index contributed by atoms with van der Waals surface area (Å²) in [6.45, 7) is 9.06. The van der Waals surface area contributed by atoms with Crippen molar-refractivity contribution in [1.82, 2.24) is 25.4 Å². The van der Waals surface area contributed by atoms with Gasteiger partial charge in [0.15, 0.2) is 0 Å². The van der Waals surface area contributed by atoms with Gasteiger partial charge in [-0.05, 0) is 67.7 Å². The van der Waals surface area contributed by atoms with Gasteiger partial charge in [-0.25, -0.2) is 4.98 Å². The second-order valence-electron chi connectivity index (χ2n) is 12.8. The Bertz CT molecular complexity index is 1300. The molecule has 1 spiro atoms. The number of aliphatic hydroxyl groups is 1. The van der Waals surface area contributed by atoms with E-state index in [1.165, 1.54) is 5.56 Å². The lowest BCUT2D eigenvalue weighted by atomic mass is 9.73. The van der Waals surface area contributed by atoms with Crippen molar-refractivity contribution in [3.63, 3.8) is 0 Å². The summed E-state index contributed by atoms with van der Waals surface area (Å²) in [5.41, 5.74) is 4.20. The van der Waals surface area contributed by atoms with Crippen LogP contribution in [0, 0.1) is 12.3 Å². The number of hydrogen-bond donors (Lipinski definition) is 3. The standard InChI is InChI=1S/C32H43N5O3/c1-22-11-14-35-37(22)21-29(39)36-26(16-23-9-6-5-7-10-23)28(38)20-33-27-18-32(12-8-13-32)40-30-25(27)15-24(19-34-30)17-31(2,3)4/h5-7,9-11,14-15,19,26-28,33,38H,8,12-13,16-18,20-21H2,1-4H3,(H,36,39)/t26-,27-,28+/m0/s1. The zero-order valence-electron chi connectivity index (χ0n) is 24.2. The van der Waals surface area contributed by atoms with Crippen molar-refractivity contribution in [2.45, 2.75) is 96.6 Å². The number of aliphatic hydroxyl groups excluding tert-OH is 1. The van der Waals surface area contributed by atoms with E-state index in [1.807, 2.05) is 49.5 Å². The number of pyridine rings is 1. The summed E-state index contributed by atoms with van der Waals surface area (Å²) in [4.78, 5) is 17.7. The highest BCUT2D eigenvalue weighted by Gasteiger charge is 2.46. The molecule has 2 aromatic heterocycles. The predicted octanol–water partition coefficient (Wildman–Crippen LogP) is 4.30. The lowest BCUT2D eigenvalue weighted by molar-refractivity contribution is -0.123. The Morgan fingerprint density at radius 2 is 1.98 bits per heavy atom. The molecule has 3 aromatic rings. The summed E-state index contributed by atoms with van der Waals surface area (Å²) >= 11 is 0. The number of hydrogen-bond acceptors (Lipinski definition) is 6. The number of nitrogens with zero attached hydrogens (tertiary/aromatic N) is 3. The topological polar surface area (TPSA) is 101 Å². The zero-order valence-corrected chi connectivity index (χ0v) is 24.2. The van der Waals surface area contributed by atoms with Crippen molar-refractivity contribution in [3.05, 3.63) is 77.2 Å². The highest BCUT2D eigenvalue weighted by atomic mass is 16.5. The average Bonchev–Trinajstić information content (AvgIpc) is 3.29. The van der Waals surface area contributed by atoms with Crippen molar-refractivity contribution in [2.24, 2.45) is 5.41 Å². The van der Waals surface area contributed by atoms with Gasteiger partial charge in [0.25, 0.3) is 0 Å². The minimum Gasteiger partial charge on any atom is -0.471 e. The van der Waals surface area contributed by atoms with Crippen LogP contribution < -0.4 is 15.4 Å². The van der Waals surface area contributed by atoms with E-state index in [-0.39, 0.29) is 29.5 Å². The lowest BCUT2D eigenvalue weighted by Gasteiger charge is -2.47. The Morgan fingerprint density at radius 1 is 1.20 bits per heavy atom. The summed E-state index contributed by atoms with van der Waals surface area (Å²) in [5, 5.41) is 22.4. The largest absolute Gasteiger partial charge is 0.471 e. The van der Waals surface area contributed by atoms with Gasteiger partial charge in [-0.2, -0.15) is 5.10 Å². The van der Waals surface area contributed by atoms with E-state index in [9.17, 15) is 9.90 Å². The molecule has 1 aromatic carbocycles. The summed E-state index contributed by atoms with van der Waals surface area (Å²) in [6.07, 6.45) is 8.35. The van der Waals surface area contributed by atoms with Gasteiger partial charge in [0.2, 0.25) is 11.8 Å². The quantitative estimate of drug-likeness (QED) is 0.351. The number of amides is 1. The van der Waals surface area contributed by atoms with Crippen LogP contribution in [0.3, 0.4) is 0 Å². The number of aromatic nitrogens is 3. The third-order valence-corrected chi connectivity index (χ3v) is 8.10. The van der Waals surface area contributed by atoms with E-state index >= 15 is 0 Å². The van der Waals surface area contributed by atoms with Crippen molar-refractivity contribution in [3.8, 4) is 5.88 Å². The smallest absolute Gasteiger partial charge is 0.242 e. The molecule has 40 heavy (non-hydrogen) atoms. The van der Waals surface area contributed by atoms with Crippen LogP contribution in [0.1, 0.15) is 74.9 Å². The Balaban J connectivity index is 1.31. The fraction of sp³-hybridized carbons (Fsp3) is 0.531. The van der Waals surface area contributed by atoms with Crippen LogP contribution in [0.15, 0.2) is 54.9 Å². The predicted molar refractivity (Wildman–Crippen MR) is 155 cm³/mol. The van der Waals surface area contributed by atoms with Gasteiger partial charge in [-0.3, -0.25) is 9.48 Å². The summed E-state index contributed by atoms with van der Waals surface area (Å²) in [7, 11) is 0. The molecule has 5 rings (SSSR count). The number of fused-ring (bicyclic) bond motifs is 1. The Morgan fingerprint density at radius 3 is 2.62 bits per heavy atom. The molecule has 2 aliphatic rings. The molecule has 0 unspecified atom stereocenters. The van der Waals surface area contributed by atoms with Crippen molar-refractivity contribution in [1.29, 1.82) is 0 Å². The van der Waals surface area contributed by atoms with Gasteiger partial charge in [0, 0.05) is 42.7 Å². The highest BCUT2D eigenvalue weighted by Crippen LogP contribution is 2.48. The SMILES string of the molecule is Cc1ccnn1CC(=O)N[C@@H](Cc1ccccc1)[C@H](O)CN[C@H]1CC2(CCC2)Oc2ncc(CC(C)(C)C)cc21. The molecule has 3 heterocycles. The molecule has 3 atom stereocenters. The second kappa shape index (κ2) is 11.7. The van der Waals surface area contributed by atoms with Gasteiger partial charge in [0.1, 0.15) is 12.1 Å². The molecule has 1 amide bonds. The molecule has 1 fully saturated rings. The number of benzene rings is 1. The summed E-state index contributed by atoms with van der Waals surface area (Å²) < 4.78 is 8.10. The first-order valence-electron chi connectivity index (χ1n) is 14.5. The normalized spacial score (nSPS) is 19.3. The van der Waals surface area contributed by atoms with Crippen LogP contribution in [0.25, 0.3) is 0 Å². The second-order valence-corrected chi connectivity index (χ2v) is 12.8. The molecule has 214 valence electrons. The Hall–Kier alpha value is -3.23. The van der Waals surface area contributed by atoms with E-state index in [0.29, 0.717) is 18.8 Å². The molecule has 1 saturated carbocycles. The number of aryl methyl sites for hydroxylation is 1. The number of nitrogens with one attached hydrogen (secondary N) is 2. The highest BCUT2D eigenvalue weighted by molar-refractivity contribution is 5.76. The first-order chi connectivity index (χ1) is 19.1. The number of ether oxygens (including phenoxy) is 1. The fourth-order valence-corrected chi connectivity index (χ4v) is 5.86. The van der Waals surface area contributed by atoms with E-state index in [4.69, 9.17) is 9.72 Å². The van der Waals surface area contributed by atoms with Crippen molar-refractivity contribution in [2.75, 3.05) is 6.54 Å². The Kier molecular flexibility index (Phi) is 8.29. The number of carbonyl (C=O) groups is 1. The maximum absolute atomic E-state index is 13.0. The van der Waals surface area contributed by atoms with Crippen LogP contribution in [0.5, 0.6) is 5.88 Å². The van der Waals surface area contributed by atoms with Gasteiger partial charge in [-0.1, -0.05) is 51.1 Å². The minimum absolute atomic E-state index is 0.0194. The van der Waals surface area contributed by atoms with E-state index in [1.54, 1.807) is 10.9 Å². The summed E-state index contributed by atoms with van der Waals surface area (Å²) in [6, 6.07) is 13.6. The zero-order chi connectivity index (χ0) is 28.3. The maximum atomic E-state index is 13.0. The monoisotopic (exact) mass is 545 g/mol. The molecule has 1 aliphatic heterocycles. The first kappa shape index (κ1) is 28.3. The third kappa shape index (κ3) is 6.91. The lowest BCUT2D eigenvalue weighted by Crippen LogP contribution is -2.52. The van der Waals surface area contributed by atoms with Crippen LogP contribution in [0.2, 0.25) is 0 Å². The molecule has 8 heteroatoms. The van der Waals surface area contributed by atoms with Gasteiger partial charge in [0.05, 0.1) is 12.1 Å². The molecular formula is C32H43N5O3. The molecule has 1 aliphatic carbocycles. The summed E-state index contributed by atoms with van der Waals surface area (Å²) in [5.74, 6) is 0.534. The van der Waals surface area contributed by atoms with Gasteiger partial charge >= 0.3 is 0 Å². The molecule has 0 bridgehead atoms. The number of rotatable bonds is 10. The van der Waals surface area contributed by atoms with E-state index in [0.717, 1.165) is 48.9 Å². The third-order valence-electron chi connectivity index (χ3n) is 8.10. The molecule has 0 saturated heterocycles. The average molecular weight is 546 g/mol. The molecular weight excluding hydrogens is 502 g/mol. The van der Waals surface area contributed by atoms with E-state index in [2.05, 4.69) is 42.6 Å². The van der Waals surface area contributed by atoms with E-state index < -0.39 is 12.1 Å². The van der Waals surface area contributed by atoms with Gasteiger partial charge in [-0.15, -0.1) is 0 Å². The van der Waals surface area contributed by atoms with Crippen molar-refractivity contribution < 1.29 is 14.6 Å². The molecule has 0 radical (unpaired) electrons. The maximum Gasteiger partial charge on any atom is 0.242 e. The number of carbonyl (C=O) groups excluding carboxylic acids is 1. The first-order valence-corrected chi connectivity index (χ1v) is 14.5. The minimum atomic E-state index is -0.794. The Labute approximate surface area is 237 Å². The molecule has 3 N–H and O–H groups in total. The van der Waals surface area contributed by atoms with Crippen molar-refractivity contribution >= 4 is 5.91 Å². The van der Waals surface area contributed by atoms with Crippen LogP contribution in [-0.2, 0) is 24.2 Å². The van der Waals surface area contributed by atoms with Crippen LogP contribution in [0.4, 0.5) is 0 Å². The van der Waals surface area contributed by atoms with Crippen LogP contribution in [-0.4, -0.2) is 50.1 Å².